The maximum atomic E-state index is 12.6. The van der Waals surface area contributed by atoms with E-state index in [1.165, 1.54) is 12.1 Å². The number of hydrogen-bond donors (Lipinski definition) is 2. The fraction of sp³-hybridized carbons (Fsp3) is 0.579. The van der Waals surface area contributed by atoms with Gasteiger partial charge >= 0.3 is 0 Å². The lowest BCUT2D eigenvalue weighted by atomic mass is 10.2. The summed E-state index contributed by atoms with van der Waals surface area (Å²) in [6, 6.07) is 6.19. The van der Waals surface area contributed by atoms with Gasteiger partial charge in [0.15, 0.2) is 0 Å². The molecule has 0 spiro atoms. The molecule has 8 heteroatoms. The van der Waals surface area contributed by atoms with E-state index in [-0.39, 0.29) is 10.8 Å². The van der Waals surface area contributed by atoms with Crippen molar-refractivity contribution in [3.63, 3.8) is 0 Å². The average Bonchev–Trinajstić information content (AvgIpc) is 2.90. The highest BCUT2D eigenvalue weighted by atomic mass is 32.2. The van der Waals surface area contributed by atoms with Crippen molar-refractivity contribution in [3.8, 4) is 0 Å². The van der Waals surface area contributed by atoms with Crippen molar-refractivity contribution < 1.29 is 17.9 Å². The van der Waals surface area contributed by atoms with Gasteiger partial charge in [-0.15, -0.1) is 0 Å². The van der Waals surface area contributed by atoms with Crippen LogP contribution in [-0.4, -0.2) is 39.4 Å². The fourth-order valence-corrected chi connectivity index (χ4v) is 3.77. The molecule has 1 aromatic rings. The van der Waals surface area contributed by atoms with E-state index in [2.05, 4.69) is 22.0 Å². The molecular formula is C19H29N3O4S. The van der Waals surface area contributed by atoms with E-state index in [1.807, 2.05) is 0 Å². The number of unbranched alkanes of at least 4 members (excludes halogenated alkanes) is 1. The third-order valence-electron chi connectivity index (χ3n) is 4.27. The molecule has 0 radical (unpaired) electrons. The Balaban J connectivity index is 2.03. The van der Waals surface area contributed by atoms with Crippen LogP contribution >= 0.6 is 0 Å². The number of sulfonamides is 1. The zero-order valence-corrected chi connectivity index (χ0v) is 16.8. The van der Waals surface area contributed by atoms with Crippen LogP contribution in [0.4, 0.5) is 5.69 Å². The van der Waals surface area contributed by atoms with Crippen molar-refractivity contribution in [2.75, 3.05) is 18.5 Å². The van der Waals surface area contributed by atoms with Crippen molar-refractivity contribution in [2.45, 2.75) is 63.4 Å². The predicted molar refractivity (Wildman–Crippen MR) is 106 cm³/mol. The Labute approximate surface area is 161 Å². The second kappa shape index (κ2) is 10.4. The van der Waals surface area contributed by atoms with Gasteiger partial charge in [-0.3, -0.25) is 14.5 Å². The van der Waals surface area contributed by atoms with Gasteiger partial charge in [-0.05, 0) is 44.4 Å². The number of rotatable bonds is 8. The minimum Gasteiger partial charge on any atom is -0.369 e. The molecule has 0 bridgehead atoms. The van der Waals surface area contributed by atoms with Gasteiger partial charge < -0.3 is 10.1 Å². The molecule has 0 fully saturated rings. The molecule has 1 aromatic carbocycles. The third kappa shape index (κ3) is 6.95. The summed E-state index contributed by atoms with van der Waals surface area (Å²) in [5, 5.41) is 2.71. The number of carbonyl (C=O) groups is 1. The molecule has 2 N–H and O–H groups in total. The van der Waals surface area contributed by atoms with Gasteiger partial charge in [0.2, 0.25) is 0 Å². The van der Waals surface area contributed by atoms with Crippen LogP contribution in [0.25, 0.3) is 0 Å². The van der Waals surface area contributed by atoms with Crippen LogP contribution in [0.3, 0.4) is 0 Å². The summed E-state index contributed by atoms with van der Waals surface area (Å²) in [4.78, 5) is 16.6. The summed E-state index contributed by atoms with van der Waals surface area (Å²) < 4.78 is 33.3. The summed E-state index contributed by atoms with van der Waals surface area (Å²) in [6.07, 6.45) is 4.86. The molecule has 150 valence electrons. The SMILES string of the molecule is CCCCOC(C)C(=O)Nc1cccc(S(=O)(=O)NC2=NCCCCC2)c1. The first-order chi connectivity index (χ1) is 12.9. The second-order valence-corrected chi connectivity index (χ2v) is 8.31. The standard InChI is InChI=1S/C19H29N3O4S/c1-3-4-13-26-15(2)19(23)21-16-9-8-10-17(14-16)27(24,25)22-18-11-6-5-7-12-20-18/h8-10,14-15H,3-7,11-13H2,1-2H3,(H,20,22)(H,21,23). The van der Waals surface area contributed by atoms with Gasteiger partial charge in [-0.1, -0.05) is 25.8 Å². The van der Waals surface area contributed by atoms with Crippen molar-refractivity contribution >= 4 is 27.5 Å². The van der Waals surface area contributed by atoms with Gasteiger partial charge in [0.1, 0.15) is 11.9 Å². The maximum absolute atomic E-state index is 12.6. The van der Waals surface area contributed by atoms with Gasteiger partial charge in [0.05, 0.1) is 4.90 Å². The fourth-order valence-electron chi connectivity index (χ4n) is 2.64. The van der Waals surface area contributed by atoms with Crippen LogP contribution in [0, 0.1) is 0 Å². The number of amidine groups is 1. The van der Waals surface area contributed by atoms with Crippen LogP contribution in [0.5, 0.6) is 0 Å². The molecule has 1 atom stereocenters. The molecule has 27 heavy (non-hydrogen) atoms. The Kier molecular flexibility index (Phi) is 8.24. The maximum Gasteiger partial charge on any atom is 0.262 e. The lowest BCUT2D eigenvalue weighted by Gasteiger charge is -2.14. The van der Waals surface area contributed by atoms with Gasteiger partial charge in [0.25, 0.3) is 15.9 Å². The smallest absolute Gasteiger partial charge is 0.262 e. The minimum absolute atomic E-state index is 0.0896. The first kappa shape index (κ1) is 21.4. The molecule has 1 aliphatic heterocycles. The summed E-state index contributed by atoms with van der Waals surface area (Å²) >= 11 is 0. The van der Waals surface area contributed by atoms with E-state index in [0.29, 0.717) is 31.1 Å². The lowest BCUT2D eigenvalue weighted by molar-refractivity contribution is -0.126. The molecule has 1 unspecified atom stereocenters. The summed E-state index contributed by atoms with van der Waals surface area (Å²) in [5.41, 5.74) is 0.414. The van der Waals surface area contributed by atoms with Crippen LogP contribution in [0.2, 0.25) is 0 Å². The Hall–Kier alpha value is -1.93. The van der Waals surface area contributed by atoms with Crippen molar-refractivity contribution in [1.29, 1.82) is 0 Å². The molecule has 1 heterocycles. The van der Waals surface area contributed by atoms with Crippen LogP contribution in [0.1, 0.15) is 52.4 Å². The van der Waals surface area contributed by atoms with Gasteiger partial charge in [-0.25, -0.2) is 8.42 Å². The average molecular weight is 396 g/mol. The van der Waals surface area contributed by atoms with Crippen LogP contribution in [0.15, 0.2) is 34.2 Å². The largest absolute Gasteiger partial charge is 0.369 e. The summed E-state index contributed by atoms with van der Waals surface area (Å²) in [5.74, 6) is 0.196. The summed E-state index contributed by atoms with van der Waals surface area (Å²) in [7, 11) is -3.74. The monoisotopic (exact) mass is 395 g/mol. The first-order valence-corrected chi connectivity index (χ1v) is 11.0. The molecule has 0 saturated carbocycles. The molecule has 2 rings (SSSR count). The molecule has 0 aliphatic carbocycles. The molecule has 0 aromatic heterocycles. The van der Waals surface area contributed by atoms with E-state index >= 15 is 0 Å². The Morgan fingerprint density at radius 2 is 2.11 bits per heavy atom. The van der Waals surface area contributed by atoms with E-state index in [0.717, 1.165) is 32.1 Å². The highest BCUT2D eigenvalue weighted by Gasteiger charge is 2.19. The molecule has 7 nitrogen and oxygen atoms in total. The van der Waals surface area contributed by atoms with E-state index in [4.69, 9.17) is 4.74 Å². The van der Waals surface area contributed by atoms with E-state index in [1.54, 1.807) is 19.1 Å². The highest BCUT2D eigenvalue weighted by Crippen LogP contribution is 2.17. The number of carbonyl (C=O) groups excluding carboxylic acids is 1. The summed E-state index contributed by atoms with van der Waals surface area (Å²) in [6.45, 7) is 4.89. The van der Waals surface area contributed by atoms with Crippen LogP contribution in [-0.2, 0) is 19.6 Å². The number of nitrogens with one attached hydrogen (secondary N) is 2. The Bertz CT molecular complexity index is 762. The predicted octanol–water partition coefficient (Wildman–Crippen LogP) is 3.08. The molecule has 1 aliphatic rings. The number of benzene rings is 1. The quantitative estimate of drug-likeness (QED) is 0.661. The van der Waals surface area contributed by atoms with Crippen LogP contribution < -0.4 is 10.0 Å². The number of amides is 1. The number of hydrogen-bond acceptors (Lipinski definition) is 5. The van der Waals surface area contributed by atoms with E-state index < -0.39 is 16.1 Å². The normalized spacial score (nSPS) is 16.1. The molecular weight excluding hydrogens is 366 g/mol. The lowest BCUT2D eigenvalue weighted by Crippen LogP contribution is -2.31. The number of aliphatic imine (C=N–C) groups is 1. The third-order valence-corrected chi connectivity index (χ3v) is 5.65. The molecule has 1 amide bonds. The van der Waals surface area contributed by atoms with Crippen molar-refractivity contribution in [3.05, 3.63) is 24.3 Å². The second-order valence-electron chi connectivity index (χ2n) is 6.63. The Morgan fingerprint density at radius 3 is 2.89 bits per heavy atom. The number of nitrogens with zero attached hydrogens (tertiary/aromatic N) is 1. The Morgan fingerprint density at radius 1 is 1.30 bits per heavy atom. The van der Waals surface area contributed by atoms with Gasteiger partial charge in [-0.2, -0.15) is 0 Å². The number of anilines is 1. The number of ether oxygens (including phenoxy) is 1. The van der Waals surface area contributed by atoms with Crippen molar-refractivity contribution in [2.24, 2.45) is 4.99 Å². The van der Waals surface area contributed by atoms with E-state index in [9.17, 15) is 13.2 Å². The van der Waals surface area contributed by atoms with Gasteiger partial charge in [0, 0.05) is 25.3 Å². The highest BCUT2D eigenvalue weighted by molar-refractivity contribution is 7.90. The minimum atomic E-state index is -3.74. The zero-order valence-electron chi connectivity index (χ0n) is 16.0. The first-order valence-electron chi connectivity index (χ1n) is 9.51. The van der Waals surface area contributed by atoms with Crippen molar-refractivity contribution in [1.82, 2.24) is 4.72 Å². The topological polar surface area (TPSA) is 96.9 Å². The molecule has 0 saturated heterocycles. The zero-order chi connectivity index (χ0) is 19.7.